The van der Waals surface area contributed by atoms with Crippen molar-refractivity contribution in [3.05, 3.63) is 23.8 Å². The van der Waals surface area contributed by atoms with E-state index in [-0.39, 0.29) is 11.8 Å². The molecule has 3 aliphatic heterocycles. The summed E-state index contributed by atoms with van der Waals surface area (Å²) in [6.45, 7) is 5.85. The van der Waals surface area contributed by atoms with E-state index >= 15 is 0 Å². The molecule has 0 radical (unpaired) electrons. The van der Waals surface area contributed by atoms with Gasteiger partial charge in [-0.2, -0.15) is 0 Å². The first-order chi connectivity index (χ1) is 9.13. The maximum Gasteiger partial charge on any atom is 0.138 e. The van der Waals surface area contributed by atoms with E-state index in [1.54, 1.807) is 12.1 Å². The maximum atomic E-state index is 9.70. The molecule has 104 valence electrons. The van der Waals surface area contributed by atoms with Crippen LogP contribution in [0.2, 0.25) is 0 Å². The van der Waals surface area contributed by atoms with Crippen LogP contribution in [0.1, 0.15) is 31.4 Å². The number of hydrogen-bond donors (Lipinski definition) is 3. The molecule has 3 heterocycles. The molecule has 4 nitrogen and oxygen atoms in total. The van der Waals surface area contributed by atoms with Crippen LogP contribution in [0, 0.1) is 5.92 Å². The lowest BCUT2D eigenvalue weighted by atomic mass is 9.83. The molecule has 3 saturated heterocycles. The fraction of sp³-hybridized carbons (Fsp3) is 0.600. The van der Waals surface area contributed by atoms with Gasteiger partial charge in [0.05, 0.1) is 5.69 Å². The van der Waals surface area contributed by atoms with Crippen LogP contribution >= 0.6 is 0 Å². The molecule has 4 heteroatoms. The summed E-state index contributed by atoms with van der Waals surface area (Å²) in [6.07, 6.45) is 2.63. The molecule has 0 spiro atoms. The van der Waals surface area contributed by atoms with Crippen LogP contribution in [0.4, 0.5) is 5.69 Å². The third-order valence-electron chi connectivity index (χ3n) is 4.67. The number of rotatable bonds is 3. The topological polar surface area (TPSA) is 61.5 Å². The quantitative estimate of drug-likeness (QED) is 0.573. The number of nitrogens with zero attached hydrogens (tertiary/aromatic N) is 1. The molecule has 2 bridgehead atoms. The molecule has 2 unspecified atom stereocenters. The number of phenols is 1. The smallest absolute Gasteiger partial charge is 0.138 e. The maximum absolute atomic E-state index is 9.70. The van der Waals surface area contributed by atoms with Crippen LogP contribution in [-0.4, -0.2) is 35.7 Å². The van der Waals surface area contributed by atoms with Crippen LogP contribution in [0.15, 0.2) is 18.2 Å². The van der Waals surface area contributed by atoms with E-state index in [0.717, 1.165) is 18.0 Å². The Morgan fingerprint density at radius 2 is 2.11 bits per heavy atom. The molecule has 19 heavy (non-hydrogen) atoms. The van der Waals surface area contributed by atoms with Crippen molar-refractivity contribution in [1.29, 1.82) is 0 Å². The van der Waals surface area contributed by atoms with Crippen molar-refractivity contribution in [2.75, 3.05) is 25.4 Å². The van der Waals surface area contributed by atoms with Crippen molar-refractivity contribution in [3.8, 4) is 5.75 Å². The van der Waals surface area contributed by atoms with Crippen molar-refractivity contribution in [1.82, 2.24) is 10.2 Å². The normalized spacial score (nSPS) is 31.3. The second-order valence-electron chi connectivity index (χ2n) is 5.95. The van der Waals surface area contributed by atoms with Gasteiger partial charge in [-0.15, -0.1) is 0 Å². The number of nitrogens with two attached hydrogens (primary N) is 1. The minimum absolute atomic E-state index is 0.181. The largest absolute Gasteiger partial charge is 0.506 e. The number of aromatic hydroxyl groups is 1. The molecule has 0 saturated carbocycles. The summed E-state index contributed by atoms with van der Waals surface area (Å²) in [4.78, 5) is 2.55. The Bertz CT molecular complexity index is 455. The summed E-state index contributed by atoms with van der Waals surface area (Å²) < 4.78 is 0. The number of nitrogens with one attached hydrogen (secondary N) is 1. The summed E-state index contributed by atoms with van der Waals surface area (Å²) in [6, 6.07) is 6.37. The summed E-state index contributed by atoms with van der Waals surface area (Å²) in [5.41, 5.74) is 7.19. The molecule has 1 aromatic rings. The number of benzene rings is 1. The SMILES string of the molecule is CC(NC1CN2CCC1CC2)c1ccc(N)c(O)c1. The van der Waals surface area contributed by atoms with E-state index in [4.69, 9.17) is 5.73 Å². The van der Waals surface area contributed by atoms with Crippen LogP contribution in [-0.2, 0) is 0 Å². The van der Waals surface area contributed by atoms with Gasteiger partial charge in [0, 0.05) is 18.6 Å². The van der Waals surface area contributed by atoms with Gasteiger partial charge >= 0.3 is 0 Å². The minimum atomic E-state index is 0.181. The van der Waals surface area contributed by atoms with Crippen LogP contribution in [0.25, 0.3) is 0 Å². The summed E-state index contributed by atoms with van der Waals surface area (Å²) in [5.74, 6) is 0.995. The van der Waals surface area contributed by atoms with Crippen molar-refractivity contribution < 1.29 is 5.11 Å². The van der Waals surface area contributed by atoms with Crippen molar-refractivity contribution in [3.63, 3.8) is 0 Å². The first kappa shape index (κ1) is 12.8. The van der Waals surface area contributed by atoms with Gasteiger partial charge < -0.3 is 21.1 Å². The van der Waals surface area contributed by atoms with Gasteiger partial charge in [0.2, 0.25) is 0 Å². The highest BCUT2D eigenvalue weighted by molar-refractivity contribution is 5.53. The fourth-order valence-electron chi connectivity index (χ4n) is 3.40. The van der Waals surface area contributed by atoms with Gasteiger partial charge in [-0.25, -0.2) is 0 Å². The summed E-state index contributed by atoms with van der Waals surface area (Å²) >= 11 is 0. The van der Waals surface area contributed by atoms with Gasteiger partial charge in [0.1, 0.15) is 5.75 Å². The van der Waals surface area contributed by atoms with Gasteiger partial charge in [-0.05, 0) is 56.5 Å². The Labute approximate surface area is 114 Å². The lowest BCUT2D eigenvalue weighted by Gasteiger charge is -2.46. The second-order valence-corrected chi connectivity index (χ2v) is 5.95. The van der Waals surface area contributed by atoms with Gasteiger partial charge in [-0.3, -0.25) is 0 Å². The third kappa shape index (κ3) is 2.55. The molecular formula is C15H23N3O. The molecule has 2 atom stereocenters. The van der Waals surface area contributed by atoms with E-state index in [1.165, 1.54) is 25.9 Å². The van der Waals surface area contributed by atoms with E-state index in [2.05, 4.69) is 17.1 Å². The second kappa shape index (κ2) is 5.02. The van der Waals surface area contributed by atoms with Crippen molar-refractivity contribution >= 4 is 5.69 Å². The number of nitrogen functional groups attached to an aromatic ring is 1. The third-order valence-corrected chi connectivity index (χ3v) is 4.67. The lowest BCUT2D eigenvalue weighted by Crippen LogP contribution is -2.56. The number of hydrogen-bond acceptors (Lipinski definition) is 4. The highest BCUT2D eigenvalue weighted by atomic mass is 16.3. The molecule has 0 aromatic heterocycles. The Hall–Kier alpha value is -1.26. The molecule has 4 N–H and O–H groups in total. The molecule has 3 fully saturated rings. The highest BCUT2D eigenvalue weighted by Crippen LogP contribution is 2.30. The number of fused-ring (bicyclic) bond motifs is 3. The average molecular weight is 261 g/mol. The molecule has 1 aromatic carbocycles. The summed E-state index contributed by atoms with van der Waals surface area (Å²) in [5, 5.41) is 13.4. The lowest BCUT2D eigenvalue weighted by molar-refractivity contribution is 0.0680. The zero-order valence-electron chi connectivity index (χ0n) is 11.5. The first-order valence-electron chi connectivity index (χ1n) is 7.20. The first-order valence-corrected chi connectivity index (χ1v) is 7.20. The van der Waals surface area contributed by atoms with Gasteiger partial charge in [0.15, 0.2) is 0 Å². The van der Waals surface area contributed by atoms with Gasteiger partial charge in [-0.1, -0.05) is 6.07 Å². The van der Waals surface area contributed by atoms with E-state index in [9.17, 15) is 5.11 Å². The highest BCUT2D eigenvalue weighted by Gasteiger charge is 2.34. The van der Waals surface area contributed by atoms with Crippen LogP contribution in [0.5, 0.6) is 5.75 Å². The number of phenolic OH excluding ortho intramolecular Hbond substituents is 1. The Morgan fingerprint density at radius 1 is 1.37 bits per heavy atom. The Kier molecular flexibility index (Phi) is 3.37. The van der Waals surface area contributed by atoms with E-state index < -0.39 is 0 Å². The minimum Gasteiger partial charge on any atom is -0.506 e. The molecule has 0 amide bonds. The van der Waals surface area contributed by atoms with E-state index in [0.29, 0.717) is 11.7 Å². The molecular weight excluding hydrogens is 238 g/mol. The standard InChI is InChI=1S/C15H23N3O/c1-10(12-2-3-13(16)15(19)8-12)17-14-9-18-6-4-11(14)5-7-18/h2-3,8,10-11,14,17,19H,4-7,9,16H2,1H3. The van der Waals surface area contributed by atoms with Crippen LogP contribution in [0.3, 0.4) is 0 Å². The zero-order chi connectivity index (χ0) is 13.4. The molecule has 0 aliphatic carbocycles. The zero-order valence-corrected chi connectivity index (χ0v) is 11.5. The number of piperidine rings is 3. The fourth-order valence-corrected chi connectivity index (χ4v) is 3.40. The molecule has 3 aliphatic rings. The Morgan fingerprint density at radius 3 is 2.68 bits per heavy atom. The number of anilines is 1. The molecule has 4 rings (SSSR count). The van der Waals surface area contributed by atoms with E-state index in [1.807, 2.05) is 6.07 Å². The average Bonchev–Trinajstić information content (AvgIpc) is 2.43. The Balaban J connectivity index is 1.67. The predicted molar refractivity (Wildman–Crippen MR) is 77.0 cm³/mol. The van der Waals surface area contributed by atoms with Crippen molar-refractivity contribution in [2.45, 2.75) is 31.8 Å². The van der Waals surface area contributed by atoms with Crippen molar-refractivity contribution in [2.24, 2.45) is 5.92 Å². The summed E-state index contributed by atoms with van der Waals surface area (Å²) in [7, 11) is 0. The monoisotopic (exact) mass is 261 g/mol. The van der Waals surface area contributed by atoms with Crippen LogP contribution < -0.4 is 11.1 Å². The van der Waals surface area contributed by atoms with Gasteiger partial charge in [0.25, 0.3) is 0 Å². The predicted octanol–water partition coefficient (Wildman–Crippen LogP) is 1.72.